The second-order valence-electron chi connectivity index (χ2n) is 4.10. The Morgan fingerprint density at radius 1 is 1.59 bits per heavy atom. The Bertz CT molecular complexity index is 294. The number of nitrogens with zero attached hydrogens (tertiary/aromatic N) is 1. The summed E-state index contributed by atoms with van der Waals surface area (Å²) in [4.78, 5) is 25.2. The van der Waals surface area contributed by atoms with Gasteiger partial charge in [-0.1, -0.05) is 6.08 Å². The lowest BCUT2D eigenvalue weighted by atomic mass is 9.97. The third kappa shape index (κ3) is 4.42. The second-order valence-corrected chi connectivity index (χ2v) is 5.13. The van der Waals surface area contributed by atoms with Gasteiger partial charge in [-0.05, 0) is 12.8 Å². The first-order valence-corrected chi connectivity index (χ1v) is 7.02. The standard InChI is InChI=1S/C12H20N2O2S/c1-3-7-17-9-11(15)14-6-4-5-10(8-14)12(16)13-2/h3,10H,1,4-9H2,2H3,(H,13,16)/t10-/m0/s1. The molecule has 0 bridgehead atoms. The van der Waals surface area contributed by atoms with E-state index in [0.717, 1.165) is 25.1 Å². The topological polar surface area (TPSA) is 49.4 Å². The number of carbonyl (C=O) groups excluding carboxylic acids is 2. The lowest BCUT2D eigenvalue weighted by molar-refractivity contribution is -0.133. The quantitative estimate of drug-likeness (QED) is 0.587. The number of rotatable bonds is 5. The molecule has 5 heteroatoms. The Morgan fingerprint density at radius 2 is 2.35 bits per heavy atom. The number of thioether (sulfide) groups is 1. The Labute approximate surface area is 107 Å². The van der Waals surface area contributed by atoms with E-state index in [1.807, 2.05) is 0 Å². The van der Waals surface area contributed by atoms with Gasteiger partial charge in [0.2, 0.25) is 11.8 Å². The van der Waals surface area contributed by atoms with Gasteiger partial charge in [0, 0.05) is 25.9 Å². The van der Waals surface area contributed by atoms with E-state index in [-0.39, 0.29) is 17.7 Å². The van der Waals surface area contributed by atoms with Crippen LogP contribution in [0.3, 0.4) is 0 Å². The van der Waals surface area contributed by atoms with Gasteiger partial charge >= 0.3 is 0 Å². The molecular weight excluding hydrogens is 236 g/mol. The van der Waals surface area contributed by atoms with Crippen molar-refractivity contribution in [2.45, 2.75) is 12.8 Å². The molecule has 17 heavy (non-hydrogen) atoms. The summed E-state index contributed by atoms with van der Waals surface area (Å²) < 4.78 is 0. The van der Waals surface area contributed by atoms with E-state index >= 15 is 0 Å². The van der Waals surface area contributed by atoms with Gasteiger partial charge in [-0.3, -0.25) is 9.59 Å². The number of nitrogens with one attached hydrogen (secondary N) is 1. The molecule has 0 aromatic heterocycles. The molecule has 0 unspecified atom stereocenters. The third-order valence-electron chi connectivity index (χ3n) is 2.85. The van der Waals surface area contributed by atoms with Crippen LogP contribution in [-0.4, -0.2) is 48.4 Å². The fourth-order valence-electron chi connectivity index (χ4n) is 1.94. The highest BCUT2D eigenvalue weighted by Gasteiger charge is 2.27. The molecule has 1 heterocycles. The van der Waals surface area contributed by atoms with Crippen LogP contribution in [0.25, 0.3) is 0 Å². The lowest BCUT2D eigenvalue weighted by Crippen LogP contribution is -2.45. The maximum Gasteiger partial charge on any atom is 0.232 e. The second kappa shape index (κ2) is 7.37. The Morgan fingerprint density at radius 3 is 3.00 bits per heavy atom. The van der Waals surface area contributed by atoms with Crippen molar-refractivity contribution in [2.24, 2.45) is 5.92 Å². The largest absolute Gasteiger partial charge is 0.359 e. The SMILES string of the molecule is C=CCSCC(=O)N1CCC[C@H](C(=O)NC)C1. The minimum absolute atomic E-state index is 0.0397. The van der Waals surface area contributed by atoms with Crippen molar-refractivity contribution in [1.29, 1.82) is 0 Å². The minimum Gasteiger partial charge on any atom is -0.359 e. The molecule has 1 fully saturated rings. The third-order valence-corrected chi connectivity index (χ3v) is 3.78. The average molecular weight is 256 g/mol. The van der Waals surface area contributed by atoms with Gasteiger partial charge in [-0.25, -0.2) is 0 Å². The van der Waals surface area contributed by atoms with E-state index in [1.54, 1.807) is 29.8 Å². The number of amides is 2. The molecule has 4 nitrogen and oxygen atoms in total. The van der Waals surface area contributed by atoms with Crippen LogP contribution in [0.1, 0.15) is 12.8 Å². The molecule has 0 aliphatic carbocycles. The van der Waals surface area contributed by atoms with Crippen molar-refractivity contribution in [1.82, 2.24) is 10.2 Å². The number of likely N-dealkylation sites (tertiary alicyclic amines) is 1. The summed E-state index contributed by atoms with van der Waals surface area (Å²) in [6.07, 6.45) is 3.58. The normalized spacial score (nSPS) is 19.8. The smallest absolute Gasteiger partial charge is 0.232 e. The van der Waals surface area contributed by atoms with Crippen LogP contribution in [0.4, 0.5) is 0 Å². The van der Waals surface area contributed by atoms with Crippen LogP contribution in [0.2, 0.25) is 0 Å². The monoisotopic (exact) mass is 256 g/mol. The molecule has 1 saturated heterocycles. The van der Waals surface area contributed by atoms with Crippen molar-refractivity contribution in [3.63, 3.8) is 0 Å². The van der Waals surface area contributed by atoms with Crippen molar-refractivity contribution < 1.29 is 9.59 Å². The molecule has 0 aromatic carbocycles. The van der Waals surface area contributed by atoms with Gasteiger partial charge in [0.15, 0.2) is 0 Å². The Kier molecular flexibility index (Phi) is 6.11. The minimum atomic E-state index is -0.0397. The molecule has 1 aliphatic heterocycles. The molecule has 1 rings (SSSR count). The maximum absolute atomic E-state index is 11.9. The fraction of sp³-hybridized carbons (Fsp3) is 0.667. The first kappa shape index (κ1) is 14.1. The van der Waals surface area contributed by atoms with Gasteiger partial charge < -0.3 is 10.2 Å². The van der Waals surface area contributed by atoms with Crippen LogP contribution >= 0.6 is 11.8 Å². The molecule has 0 saturated carbocycles. The van der Waals surface area contributed by atoms with E-state index < -0.39 is 0 Å². The summed E-state index contributed by atoms with van der Waals surface area (Å²) in [7, 11) is 1.64. The summed E-state index contributed by atoms with van der Waals surface area (Å²) in [5.74, 6) is 1.40. The number of piperidine rings is 1. The lowest BCUT2D eigenvalue weighted by Gasteiger charge is -2.31. The van der Waals surface area contributed by atoms with Crippen LogP contribution in [0.15, 0.2) is 12.7 Å². The maximum atomic E-state index is 11.9. The molecular formula is C12H20N2O2S. The van der Waals surface area contributed by atoms with Crippen LogP contribution in [0, 0.1) is 5.92 Å². The van der Waals surface area contributed by atoms with E-state index in [1.165, 1.54) is 0 Å². The van der Waals surface area contributed by atoms with Crippen molar-refractivity contribution in [3.05, 3.63) is 12.7 Å². The summed E-state index contributed by atoms with van der Waals surface area (Å²) >= 11 is 1.56. The molecule has 2 amide bonds. The summed E-state index contributed by atoms with van der Waals surface area (Å²) in [5.41, 5.74) is 0. The highest BCUT2D eigenvalue weighted by Crippen LogP contribution is 2.17. The summed E-state index contributed by atoms with van der Waals surface area (Å²) in [5, 5.41) is 2.65. The van der Waals surface area contributed by atoms with E-state index in [0.29, 0.717) is 12.3 Å². The van der Waals surface area contributed by atoms with Crippen LogP contribution in [-0.2, 0) is 9.59 Å². The first-order chi connectivity index (χ1) is 8.19. The number of hydrogen-bond acceptors (Lipinski definition) is 3. The molecule has 1 N–H and O–H groups in total. The van der Waals surface area contributed by atoms with E-state index in [4.69, 9.17) is 0 Å². The van der Waals surface area contributed by atoms with Crippen molar-refractivity contribution in [3.8, 4) is 0 Å². The predicted molar refractivity (Wildman–Crippen MR) is 70.9 cm³/mol. The first-order valence-electron chi connectivity index (χ1n) is 5.87. The molecule has 0 radical (unpaired) electrons. The van der Waals surface area contributed by atoms with Crippen LogP contribution in [0.5, 0.6) is 0 Å². The fourth-order valence-corrected chi connectivity index (χ4v) is 2.58. The molecule has 96 valence electrons. The number of carbonyl (C=O) groups is 2. The number of hydrogen-bond donors (Lipinski definition) is 1. The molecule has 1 atom stereocenters. The predicted octanol–water partition coefficient (Wildman–Crippen LogP) is 0.890. The molecule has 0 aromatic rings. The Balaban J connectivity index is 2.40. The average Bonchev–Trinajstić information content (AvgIpc) is 2.38. The molecule has 1 aliphatic rings. The summed E-state index contributed by atoms with van der Waals surface area (Å²) in [6.45, 7) is 4.96. The van der Waals surface area contributed by atoms with Crippen molar-refractivity contribution in [2.75, 3.05) is 31.6 Å². The zero-order valence-corrected chi connectivity index (χ0v) is 11.1. The van der Waals surface area contributed by atoms with Crippen LogP contribution < -0.4 is 5.32 Å². The Hall–Kier alpha value is -0.970. The molecule has 0 spiro atoms. The summed E-state index contributed by atoms with van der Waals surface area (Å²) in [6, 6.07) is 0. The van der Waals surface area contributed by atoms with E-state index in [9.17, 15) is 9.59 Å². The van der Waals surface area contributed by atoms with Gasteiger partial charge in [0.05, 0.1) is 11.7 Å². The van der Waals surface area contributed by atoms with Crippen molar-refractivity contribution >= 4 is 23.6 Å². The highest BCUT2D eigenvalue weighted by atomic mass is 32.2. The van der Waals surface area contributed by atoms with Gasteiger partial charge in [-0.2, -0.15) is 0 Å². The zero-order chi connectivity index (χ0) is 12.7. The van der Waals surface area contributed by atoms with Gasteiger partial charge in [0.25, 0.3) is 0 Å². The van der Waals surface area contributed by atoms with Gasteiger partial charge in [0.1, 0.15) is 0 Å². The highest BCUT2D eigenvalue weighted by molar-refractivity contribution is 8.00. The van der Waals surface area contributed by atoms with E-state index in [2.05, 4.69) is 11.9 Å². The zero-order valence-electron chi connectivity index (χ0n) is 10.3. The van der Waals surface area contributed by atoms with Gasteiger partial charge in [-0.15, -0.1) is 18.3 Å².